The molecule has 32 heavy (non-hydrogen) atoms. The molecule has 6 heteroatoms. The van der Waals surface area contributed by atoms with Crippen LogP contribution in [0.1, 0.15) is 34.3 Å². The Hall–Kier alpha value is -3.25. The summed E-state index contributed by atoms with van der Waals surface area (Å²) >= 11 is 0. The molecule has 3 heterocycles. The van der Waals surface area contributed by atoms with Gasteiger partial charge in [0.2, 0.25) is 0 Å². The van der Waals surface area contributed by atoms with Crippen LogP contribution in [-0.4, -0.2) is 64.1 Å². The average molecular weight is 426 g/mol. The third kappa shape index (κ3) is 3.17. The predicted molar refractivity (Wildman–Crippen MR) is 127 cm³/mol. The van der Waals surface area contributed by atoms with Gasteiger partial charge in [-0.25, -0.2) is 4.98 Å². The molecule has 1 N–H and O–H groups in total. The van der Waals surface area contributed by atoms with E-state index >= 15 is 0 Å². The molecular formula is C26H27N5O. The molecule has 6 nitrogen and oxygen atoms in total. The standard InChI is InChI=1S/C26H27N5O/c1-30-12-14-31(15-13-30)26(32)18-8-6-17(7-9-18)25-20-5-3-2-4-19(20)24-21-16-27-29-22(21)10-11-23(24)28-25/h6-11,16H,2-5,12-15H2,1H3,(H,27,29). The molecule has 6 rings (SSSR count). The first-order chi connectivity index (χ1) is 15.7. The number of piperazine rings is 1. The predicted octanol–water partition coefficient (Wildman–Crippen LogP) is 4.04. The van der Waals surface area contributed by atoms with Crippen molar-refractivity contribution in [3.8, 4) is 11.3 Å². The Morgan fingerprint density at radius 3 is 2.47 bits per heavy atom. The van der Waals surface area contributed by atoms with Gasteiger partial charge in [-0.3, -0.25) is 9.89 Å². The fraction of sp³-hybridized carbons (Fsp3) is 0.346. The molecule has 4 aromatic rings. The van der Waals surface area contributed by atoms with Gasteiger partial charge in [-0.1, -0.05) is 12.1 Å². The van der Waals surface area contributed by atoms with Crippen molar-refractivity contribution in [3.05, 3.63) is 59.3 Å². The lowest BCUT2D eigenvalue weighted by atomic mass is 9.85. The zero-order valence-corrected chi connectivity index (χ0v) is 18.4. The molecule has 1 saturated heterocycles. The van der Waals surface area contributed by atoms with E-state index in [4.69, 9.17) is 4.98 Å². The summed E-state index contributed by atoms with van der Waals surface area (Å²) in [4.78, 5) is 22.3. The second-order valence-electron chi connectivity index (χ2n) is 9.09. The lowest BCUT2D eigenvalue weighted by Crippen LogP contribution is -2.47. The van der Waals surface area contributed by atoms with Gasteiger partial charge in [-0.05, 0) is 68.1 Å². The van der Waals surface area contributed by atoms with Gasteiger partial charge >= 0.3 is 0 Å². The molecule has 1 amide bonds. The van der Waals surface area contributed by atoms with Crippen molar-refractivity contribution < 1.29 is 4.79 Å². The van der Waals surface area contributed by atoms with Crippen LogP contribution in [0.2, 0.25) is 0 Å². The second-order valence-corrected chi connectivity index (χ2v) is 9.09. The van der Waals surface area contributed by atoms with E-state index in [9.17, 15) is 4.79 Å². The Morgan fingerprint density at radius 2 is 1.69 bits per heavy atom. The minimum Gasteiger partial charge on any atom is -0.336 e. The van der Waals surface area contributed by atoms with Crippen molar-refractivity contribution in [2.45, 2.75) is 25.7 Å². The topological polar surface area (TPSA) is 65.1 Å². The lowest BCUT2D eigenvalue weighted by molar-refractivity contribution is 0.0664. The molecule has 0 saturated carbocycles. The zero-order chi connectivity index (χ0) is 21.7. The normalized spacial score (nSPS) is 17.1. The quantitative estimate of drug-likeness (QED) is 0.526. The first-order valence-corrected chi connectivity index (χ1v) is 11.5. The number of hydrogen-bond acceptors (Lipinski definition) is 4. The number of carbonyl (C=O) groups excluding carboxylic acids is 1. The molecule has 0 atom stereocenters. The molecule has 0 unspecified atom stereocenters. The van der Waals surface area contributed by atoms with Gasteiger partial charge in [0.1, 0.15) is 0 Å². The highest BCUT2D eigenvalue weighted by Crippen LogP contribution is 2.37. The number of fused-ring (bicyclic) bond motifs is 5. The number of aryl methyl sites for hydroxylation is 1. The van der Waals surface area contributed by atoms with Crippen LogP contribution in [-0.2, 0) is 12.8 Å². The van der Waals surface area contributed by atoms with Crippen molar-refractivity contribution >= 4 is 27.7 Å². The number of likely N-dealkylation sites (N-methyl/N-ethyl adjacent to an activating group) is 1. The summed E-state index contributed by atoms with van der Waals surface area (Å²) in [6.45, 7) is 3.44. The van der Waals surface area contributed by atoms with Crippen LogP contribution >= 0.6 is 0 Å². The van der Waals surface area contributed by atoms with Gasteiger partial charge in [0.05, 0.1) is 22.9 Å². The summed E-state index contributed by atoms with van der Waals surface area (Å²) in [5, 5.41) is 9.76. The van der Waals surface area contributed by atoms with Crippen molar-refractivity contribution in [2.24, 2.45) is 0 Å². The SMILES string of the molecule is CN1CCN(C(=O)c2ccc(-c3nc4ccc5[nH]ncc5c4c4c3CCCC4)cc2)CC1. The number of aromatic nitrogens is 3. The van der Waals surface area contributed by atoms with Crippen LogP contribution in [0.25, 0.3) is 33.1 Å². The van der Waals surface area contributed by atoms with E-state index in [1.807, 2.05) is 23.2 Å². The molecule has 0 radical (unpaired) electrons. The summed E-state index contributed by atoms with van der Waals surface area (Å²) in [6.07, 6.45) is 6.44. The van der Waals surface area contributed by atoms with E-state index in [1.54, 1.807) is 0 Å². The molecular weight excluding hydrogens is 398 g/mol. The number of carbonyl (C=O) groups is 1. The van der Waals surface area contributed by atoms with E-state index < -0.39 is 0 Å². The smallest absolute Gasteiger partial charge is 0.253 e. The minimum atomic E-state index is 0.125. The van der Waals surface area contributed by atoms with Crippen LogP contribution < -0.4 is 0 Å². The number of benzene rings is 2. The van der Waals surface area contributed by atoms with Crippen LogP contribution in [0.4, 0.5) is 0 Å². The van der Waals surface area contributed by atoms with Crippen molar-refractivity contribution in [1.29, 1.82) is 0 Å². The van der Waals surface area contributed by atoms with Crippen molar-refractivity contribution in [1.82, 2.24) is 25.0 Å². The highest BCUT2D eigenvalue weighted by molar-refractivity contribution is 6.07. The van der Waals surface area contributed by atoms with Crippen LogP contribution in [0.15, 0.2) is 42.6 Å². The zero-order valence-electron chi connectivity index (χ0n) is 18.4. The number of rotatable bonds is 2. The summed E-state index contributed by atoms with van der Waals surface area (Å²) in [5.41, 5.74) is 7.77. The number of nitrogens with one attached hydrogen (secondary N) is 1. The molecule has 1 aliphatic carbocycles. The van der Waals surface area contributed by atoms with Crippen LogP contribution in [0.3, 0.4) is 0 Å². The average Bonchev–Trinajstić information content (AvgIpc) is 3.32. The molecule has 162 valence electrons. The first-order valence-electron chi connectivity index (χ1n) is 11.5. The third-order valence-corrected chi connectivity index (χ3v) is 7.09. The van der Waals surface area contributed by atoms with Gasteiger partial charge in [-0.15, -0.1) is 0 Å². The van der Waals surface area contributed by atoms with Crippen molar-refractivity contribution in [3.63, 3.8) is 0 Å². The Morgan fingerprint density at radius 1 is 0.938 bits per heavy atom. The molecule has 0 spiro atoms. The summed E-state index contributed by atoms with van der Waals surface area (Å²) in [5.74, 6) is 0.125. The highest BCUT2D eigenvalue weighted by atomic mass is 16.2. The number of H-pyrrole nitrogens is 1. The van der Waals surface area contributed by atoms with E-state index in [1.165, 1.54) is 29.4 Å². The molecule has 2 aromatic carbocycles. The van der Waals surface area contributed by atoms with Gasteiger partial charge < -0.3 is 9.80 Å². The summed E-state index contributed by atoms with van der Waals surface area (Å²) in [7, 11) is 2.10. The molecule has 1 aliphatic heterocycles. The number of nitrogens with zero attached hydrogens (tertiary/aromatic N) is 4. The second kappa shape index (κ2) is 7.71. The number of hydrogen-bond donors (Lipinski definition) is 1. The minimum absolute atomic E-state index is 0.125. The largest absolute Gasteiger partial charge is 0.336 e. The summed E-state index contributed by atoms with van der Waals surface area (Å²) in [6, 6.07) is 12.2. The molecule has 2 aliphatic rings. The van der Waals surface area contributed by atoms with E-state index in [0.29, 0.717) is 0 Å². The Labute approximate surface area is 187 Å². The van der Waals surface area contributed by atoms with Gasteiger partial charge in [0.15, 0.2) is 0 Å². The number of amides is 1. The van der Waals surface area contributed by atoms with Crippen LogP contribution in [0, 0.1) is 0 Å². The molecule has 0 bridgehead atoms. The Bertz CT molecular complexity index is 1320. The number of aromatic amines is 1. The summed E-state index contributed by atoms with van der Waals surface area (Å²) < 4.78 is 0. The van der Waals surface area contributed by atoms with Gasteiger partial charge in [-0.2, -0.15) is 5.10 Å². The third-order valence-electron chi connectivity index (χ3n) is 7.09. The van der Waals surface area contributed by atoms with Crippen LogP contribution in [0.5, 0.6) is 0 Å². The monoisotopic (exact) mass is 425 g/mol. The maximum absolute atomic E-state index is 12.9. The lowest BCUT2D eigenvalue weighted by Gasteiger charge is -2.32. The van der Waals surface area contributed by atoms with Crippen molar-refractivity contribution in [2.75, 3.05) is 33.2 Å². The number of pyridine rings is 1. The molecule has 1 fully saturated rings. The fourth-order valence-electron chi connectivity index (χ4n) is 5.25. The van der Waals surface area contributed by atoms with Gasteiger partial charge in [0, 0.05) is 48.1 Å². The van der Waals surface area contributed by atoms with E-state index in [2.05, 4.69) is 46.4 Å². The van der Waals surface area contributed by atoms with E-state index in [0.717, 1.165) is 72.3 Å². The Kier molecular flexibility index (Phi) is 4.68. The maximum atomic E-state index is 12.9. The maximum Gasteiger partial charge on any atom is 0.253 e. The first kappa shape index (κ1) is 19.4. The van der Waals surface area contributed by atoms with Gasteiger partial charge in [0.25, 0.3) is 5.91 Å². The Balaban J connectivity index is 1.40. The highest BCUT2D eigenvalue weighted by Gasteiger charge is 2.23. The molecule has 2 aromatic heterocycles. The van der Waals surface area contributed by atoms with E-state index in [-0.39, 0.29) is 5.91 Å². The fourth-order valence-corrected chi connectivity index (χ4v) is 5.25.